The summed E-state index contributed by atoms with van der Waals surface area (Å²) in [4.78, 5) is 4.35. The molecule has 0 bridgehead atoms. The molecule has 1 aliphatic heterocycles. The van der Waals surface area contributed by atoms with E-state index < -0.39 is 10.0 Å². The first-order valence-corrected chi connectivity index (χ1v) is 9.14. The van der Waals surface area contributed by atoms with Crippen molar-refractivity contribution in [2.45, 2.75) is 17.7 Å². The molecule has 5 nitrogen and oxygen atoms in total. The van der Waals surface area contributed by atoms with Gasteiger partial charge in [0.15, 0.2) is 0 Å². The Labute approximate surface area is 149 Å². The van der Waals surface area contributed by atoms with Gasteiger partial charge in [0.2, 0.25) is 10.0 Å². The van der Waals surface area contributed by atoms with Crippen molar-refractivity contribution in [1.29, 1.82) is 0 Å². The lowest BCUT2D eigenvalue weighted by atomic mass is 9.89. The first-order chi connectivity index (χ1) is 11.0. The summed E-state index contributed by atoms with van der Waals surface area (Å²) in [5, 5.41) is 0. The van der Waals surface area contributed by atoms with Crippen LogP contribution in [-0.2, 0) is 10.0 Å². The predicted molar refractivity (Wildman–Crippen MR) is 96.7 cm³/mol. The zero-order valence-electron chi connectivity index (χ0n) is 13.5. The largest absolute Gasteiger partial charge is 0.330 e. The third kappa shape index (κ3) is 3.62. The zero-order chi connectivity index (χ0) is 16.4. The second-order valence-corrected chi connectivity index (χ2v) is 7.91. The molecule has 0 aliphatic carbocycles. The summed E-state index contributed by atoms with van der Waals surface area (Å²) in [5.41, 5.74) is 7.83. The van der Waals surface area contributed by atoms with Crippen LogP contribution >= 0.6 is 12.4 Å². The van der Waals surface area contributed by atoms with Gasteiger partial charge in [-0.05, 0) is 37.1 Å². The van der Waals surface area contributed by atoms with Crippen molar-refractivity contribution >= 4 is 22.4 Å². The molecule has 1 aliphatic rings. The van der Waals surface area contributed by atoms with Gasteiger partial charge in [0.25, 0.3) is 0 Å². The summed E-state index contributed by atoms with van der Waals surface area (Å²) in [7, 11) is -3.52. The average molecular weight is 368 g/mol. The second-order valence-electron chi connectivity index (χ2n) is 5.97. The Morgan fingerprint density at radius 2 is 1.88 bits per heavy atom. The molecule has 0 spiro atoms. The monoisotopic (exact) mass is 367 g/mol. The van der Waals surface area contributed by atoms with Crippen molar-refractivity contribution in [3.63, 3.8) is 0 Å². The van der Waals surface area contributed by atoms with Crippen molar-refractivity contribution in [2.75, 3.05) is 19.6 Å². The Morgan fingerprint density at radius 1 is 1.17 bits per heavy atom. The lowest BCUT2D eigenvalue weighted by Gasteiger charge is -2.17. The number of sulfonamides is 1. The molecular weight excluding hydrogens is 346 g/mol. The van der Waals surface area contributed by atoms with Crippen LogP contribution in [0.3, 0.4) is 0 Å². The Morgan fingerprint density at radius 3 is 2.46 bits per heavy atom. The fourth-order valence-electron chi connectivity index (χ4n) is 3.10. The van der Waals surface area contributed by atoms with Crippen LogP contribution in [0.4, 0.5) is 0 Å². The zero-order valence-corrected chi connectivity index (χ0v) is 15.1. The minimum absolute atomic E-state index is 0. The van der Waals surface area contributed by atoms with E-state index >= 15 is 0 Å². The van der Waals surface area contributed by atoms with Crippen LogP contribution in [0.5, 0.6) is 0 Å². The van der Waals surface area contributed by atoms with Crippen LogP contribution in [0.2, 0.25) is 0 Å². The van der Waals surface area contributed by atoms with Gasteiger partial charge in [0.05, 0.1) is 0 Å². The topological polar surface area (TPSA) is 76.3 Å². The minimum atomic E-state index is -3.52. The van der Waals surface area contributed by atoms with E-state index in [0.717, 1.165) is 11.3 Å². The molecule has 130 valence electrons. The Hall–Kier alpha value is -1.47. The normalized spacial score (nSPS) is 21.4. The van der Waals surface area contributed by atoms with Crippen LogP contribution in [0, 0.1) is 12.8 Å². The maximum absolute atomic E-state index is 12.8. The highest BCUT2D eigenvalue weighted by atomic mass is 35.5. The molecular formula is C17H22ClN3O2S. The summed E-state index contributed by atoms with van der Waals surface area (Å²) in [6.07, 6.45) is 1.43. The molecule has 0 amide bonds. The van der Waals surface area contributed by atoms with Crippen LogP contribution < -0.4 is 5.73 Å². The van der Waals surface area contributed by atoms with E-state index in [9.17, 15) is 8.42 Å². The van der Waals surface area contributed by atoms with E-state index in [1.165, 1.54) is 10.5 Å². The van der Waals surface area contributed by atoms with E-state index in [2.05, 4.69) is 4.98 Å². The van der Waals surface area contributed by atoms with Crippen molar-refractivity contribution in [3.8, 4) is 0 Å². The molecule has 3 rings (SSSR count). The Bertz CT molecular complexity index is 766. The van der Waals surface area contributed by atoms with Gasteiger partial charge >= 0.3 is 0 Å². The number of aromatic nitrogens is 1. The summed E-state index contributed by atoms with van der Waals surface area (Å²) in [6, 6.07) is 13.3. The third-order valence-electron chi connectivity index (χ3n) is 4.46. The first-order valence-electron chi connectivity index (χ1n) is 7.70. The number of hydrogen-bond acceptors (Lipinski definition) is 4. The van der Waals surface area contributed by atoms with Gasteiger partial charge < -0.3 is 5.73 Å². The van der Waals surface area contributed by atoms with Crippen molar-refractivity contribution in [2.24, 2.45) is 11.7 Å². The number of rotatable bonds is 4. The molecule has 2 heterocycles. The number of hydrogen-bond donors (Lipinski definition) is 1. The lowest BCUT2D eigenvalue weighted by Crippen LogP contribution is -2.30. The maximum atomic E-state index is 12.8. The Kier molecular flexibility index (Phi) is 5.98. The molecule has 1 aromatic carbocycles. The SMILES string of the molecule is Cc1ccc(S(=O)(=O)N2C[C@@H](CN)[C@H](c3ccccc3)C2)cn1.Cl. The minimum Gasteiger partial charge on any atom is -0.330 e. The van der Waals surface area contributed by atoms with E-state index in [0.29, 0.717) is 19.6 Å². The number of nitrogens with two attached hydrogens (primary N) is 1. The summed E-state index contributed by atoms with van der Waals surface area (Å²) in [6.45, 7) is 3.22. The molecule has 0 radical (unpaired) electrons. The molecule has 2 N–H and O–H groups in total. The molecule has 2 atom stereocenters. The van der Waals surface area contributed by atoms with Crippen LogP contribution in [-0.4, -0.2) is 37.3 Å². The highest BCUT2D eigenvalue weighted by Crippen LogP contribution is 2.34. The molecule has 7 heteroatoms. The number of aryl methyl sites for hydroxylation is 1. The average Bonchev–Trinajstić information content (AvgIpc) is 3.01. The van der Waals surface area contributed by atoms with E-state index in [4.69, 9.17) is 5.73 Å². The second kappa shape index (κ2) is 7.61. The number of nitrogens with zero attached hydrogens (tertiary/aromatic N) is 2. The highest BCUT2D eigenvalue weighted by Gasteiger charge is 2.39. The van der Waals surface area contributed by atoms with Gasteiger partial charge in [0, 0.05) is 30.9 Å². The Balaban J connectivity index is 0.00000208. The first kappa shape index (κ1) is 18.9. The molecule has 1 aromatic heterocycles. The fourth-order valence-corrected chi connectivity index (χ4v) is 4.57. The van der Waals surface area contributed by atoms with Crippen LogP contribution in [0.25, 0.3) is 0 Å². The third-order valence-corrected chi connectivity index (χ3v) is 6.28. The van der Waals surface area contributed by atoms with Gasteiger partial charge in [0.1, 0.15) is 4.90 Å². The smallest absolute Gasteiger partial charge is 0.244 e. The molecule has 0 saturated carbocycles. The van der Waals surface area contributed by atoms with E-state index in [1.54, 1.807) is 12.1 Å². The summed E-state index contributed by atoms with van der Waals surface area (Å²) >= 11 is 0. The maximum Gasteiger partial charge on any atom is 0.244 e. The fraction of sp³-hybridized carbons (Fsp3) is 0.353. The molecule has 1 fully saturated rings. The van der Waals surface area contributed by atoms with Gasteiger partial charge in [-0.1, -0.05) is 30.3 Å². The number of pyridine rings is 1. The summed E-state index contributed by atoms with van der Waals surface area (Å²) < 4.78 is 27.2. The molecule has 2 aromatic rings. The van der Waals surface area contributed by atoms with E-state index in [-0.39, 0.29) is 29.1 Å². The van der Waals surface area contributed by atoms with Crippen molar-refractivity contribution in [3.05, 3.63) is 59.9 Å². The highest BCUT2D eigenvalue weighted by molar-refractivity contribution is 7.89. The quantitative estimate of drug-likeness (QED) is 0.898. The van der Waals surface area contributed by atoms with Crippen LogP contribution in [0.15, 0.2) is 53.6 Å². The van der Waals surface area contributed by atoms with Crippen molar-refractivity contribution in [1.82, 2.24) is 9.29 Å². The van der Waals surface area contributed by atoms with Gasteiger partial charge in [-0.2, -0.15) is 4.31 Å². The number of halogens is 1. The van der Waals surface area contributed by atoms with Crippen LogP contribution in [0.1, 0.15) is 17.2 Å². The van der Waals surface area contributed by atoms with Gasteiger partial charge in [-0.3, -0.25) is 4.98 Å². The van der Waals surface area contributed by atoms with Gasteiger partial charge in [-0.15, -0.1) is 12.4 Å². The molecule has 1 saturated heterocycles. The van der Waals surface area contributed by atoms with Gasteiger partial charge in [-0.25, -0.2) is 8.42 Å². The lowest BCUT2D eigenvalue weighted by molar-refractivity contribution is 0.458. The molecule has 24 heavy (non-hydrogen) atoms. The van der Waals surface area contributed by atoms with E-state index in [1.807, 2.05) is 37.3 Å². The standard InChI is InChI=1S/C17H21N3O2S.ClH/c1-13-7-8-16(10-19-13)23(21,22)20-11-15(9-18)17(12-20)14-5-3-2-4-6-14;/h2-8,10,15,17H,9,11-12,18H2,1H3;1H/t15-,17+;/m1./s1. The van der Waals surface area contributed by atoms with Crippen molar-refractivity contribution < 1.29 is 8.42 Å². The predicted octanol–water partition coefficient (Wildman–Crippen LogP) is 2.17. The number of benzene rings is 1. The molecule has 0 unspecified atom stereocenters. The summed E-state index contributed by atoms with van der Waals surface area (Å²) in [5.74, 6) is 0.264.